The molecule has 2 N–H and O–H groups in total. The quantitative estimate of drug-likeness (QED) is 0.133. The average molecular weight is 547 g/mol. The minimum Gasteiger partial charge on any atom is -0.494 e. The van der Waals surface area contributed by atoms with E-state index in [1.165, 1.54) is 11.8 Å². The van der Waals surface area contributed by atoms with Crippen LogP contribution in [0.2, 0.25) is 0 Å². The summed E-state index contributed by atoms with van der Waals surface area (Å²) in [6.45, 7) is 4.34. The summed E-state index contributed by atoms with van der Waals surface area (Å²) in [6.07, 6.45) is 1.30. The van der Waals surface area contributed by atoms with Crippen LogP contribution >= 0.6 is 11.8 Å². The molecule has 2 amide bonds. The van der Waals surface area contributed by atoms with Gasteiger partial charge in [0.2, 0.25) is 0 Å². The number of esters is 1. The largest absolute Gasteiger partial charge is 0.494 e. The molecule has 0 aliphatic heterocycles. The SMILES string of the molecule is CCOC(=O)CC(=O)CSc1cccc(NC(=O)/C(=C\c2ccc(OCC)cc2)NC(=O)c2ccccc2)c1. The van der Waals surface area contributed by atoms with Gasteiger partial charge in [-0.1, -0.05) is 36.4 Å². The van der Waals surface area contributed by atoms with Crippen molar-refractivity contribution in [3.63, 3.8) is 0 Å². The Hall–Kier alpha value is -4.37. The van der Waals surface area contributed by atoms with Crippen LogP contribution in [0.1, 0.15) is 36.2 Å². The van der Waals surface area contributed by atoms with Crippen LogP contribution in [0.15, 0.2) is 89.5 Å². The van der Waals surface area contributed by atoms with Crippen molar-refractivity contribution in [2.45, 2.75) is 25.2 Å². The maximum absolute atomic E-state index is 13.3. The minimum atomic E-state index is -0.548. The maximum atomic E-state index is 13.3. The molecule has 0 atom stereocenters. The van der Waals surface area contributed by atoms with Gasteiger partial charge in [0.25, 0.3) is 11.8 Å². The second kappa shape index (κ2) is 15.1. The second-order valence-corrected chi connectivity index (χ2v) is 9.22. The number of carbonyl (C=O) groups excluding carboxylic acids is 4. The molecule has 0 saturated heterocycles. The van der Waals surface area contributed by atoms with Crippen molar-refractivity contribution in [1.82, 2.24) is 5.32 Å². The van der Waals surface area contributed by atoms with Crippen molar-refractivity contribution in [2.24, 2.45) is 0 Å². The van der Waals surface area contributed by atoms with Crippen molar-refractivity contribution in [3.8, 4) is 5.75 Å². The molecule has 0 unspecified atom stereocenters. The van der Waals surface area contributed by atoms with Gasteiger partial charge >= 0.3 is 5.97 Å². The number of Topliss-reactive ketones (excluding diaryl/α,β-unsaturated/α-hetero) is 1. The van der Waals surface area contributed by atoms with Gasteiger partial charge in [-0.15, -0.1) is 11.8 Å². The van der Waals surface area contributed by atoms with Gasteiger partial charge in [-0.3, -0.25) is 19.2 Å². The molecule has 0 aliphatic rings. The molecule has 3 aromatic carbocycles. The summed E-state index contributed by atoms with van der Waals surface area (Å²) in [7, 11) is 0. The van der Waals surface area contributed by atoms with Crippen LogP contribution < -0.4 is 15.4 Å². The van der Waals surface area contributed by atoms with Gasteiger partial charge in [-0.05, 0) is 68.0 Å². The maximum Gasteiger partial charge on any atom is 0.313 e. The standard InChI is InChI=1S/C30H30N2O6S/c1-3-37-25-15-13-21(14-16-25)17-27(32-29(35)22-9-6-5-7-10-22)30(36)31-23-11-8-12-26(18-23)39-20-24(33)19-28(34)38-4-2/h5-18H,3-4,19-20H2,1-2H3,(H,31,36)(H,32,35)/b27-17+. The van der Waals surface area contributed by atoms with Crippen LogP contribution in [0, 0.1) is 0 Å². The number of ether oxygens (including phenoxy) is 2. The number of ketones is 1. The van der Waals surface area contributed by atoms with Gasteiger partial charge in [0.15, 0.2) is 5.78 Å². The summed E-state index contributed by atoms with van der Waals surface area (Å²) in [4.78, 5) is 50.4. The number of anilines is 1. The van der Waals surface area contributed by atoms with Crippen LogP contribution in [0.4, 0.5) is 5.69 Å². The lowest BCUT2D eigenvalue weighted by Gasteiger charge is -2.12. The van der Waals surface area contributed by atoms with E-state index in [4.69, 9.17) is 9.47 Å². The van der Waals surface area contributed by atoms with E-state index in [-0.39, 0.29) is 30.3 Å². The highest BCUT2D eigenvalue weighted by atomic mass is 32.2. The lowest BCUT2D eigenvalue weighted by atomic mass is 10.1. The van der Waals surface area contributed by atoms with E-state index in [0.29, 0.717) is 29.2 Å². The summed E-state index contributed by atoms with van der Waals surface area (Å²) >= 11 is 1.25. The fourth-order valence-corrected chi connectivity index (χ4v) is 4.20. The lowest BCUT2D eigenvalue weighted by Crippen LogP contribution is -2.30. The fraction of sp³-hybridized carbons (Fsp3) is 0.200. The van der Waals surface area contributed by atoms with Crippen LogP contribution in [-0.2, 0) is 19.1 Å². The highest BCUT2D eigenvalue weighted by Crippen LogP contribution is 2.23. The predicted octanol–water partition coefficient (Wildman–Crippen LogP) is 5.11. The van der Waals surface area contributed by atoms with Gasteiger partial charge in [-0.2, -0.15) is 0 Å². The Kier molecular flexibility index (Phi) is 11.3. The number of amides is 2. The van der Waals surface area contributed by atoms with Gasteiger partial charge in [0.1, 0.15) is 17.9 Å². The number of rotatable bonds is 13. The van der Waals surface area contributed by atoms with E-state index in [0.717, 1.165) is 4.90 Å². The van der Waals surface area contributed by atoms with Crippen molar-refractivity contribution in [3.05, 3.63) is 95.7 Å². The van der Waals surface area contributed by atoms with Crippen molar-refractivity contribution in [2.75, 3.05) is 24.3 Å². The Morgan fingerprint density at radius 3 is 2.31 bits per heavy atom. The van der Waals surface area contributed by atoms with Crippen LogP contribution in [0.25, 0.3) is 6.08 Å². The van der Waals surface area contributed by atoms with Gasteiger partial charge in [-0.25, -0.2) is 0 Å². The molecule has 3 rings (SSSR count). The molecule has 0 bridgehead atoms. The highest BCUT2D eigenvalue weighted by Gasteiger charge is 2.16. The molecule has 0 saturated carbocycles. The van der Waals surface area contributed by atoms with Crippen LogP contribution in [0.3, 0.4) is 0 Å². The number of nitrogens with one attached hydrogen (secondary N) is 2. The smallest absolute Gasteiger partial charge is 0.313 e. The number of thioether (sulfide) groups is 1. The van der Waals surface area contributed by atoms with E-state index >= 15 is 0 Å². The summed E-state index contributed by atoms with van der Waals surface area (Å²) in [6, 6.07) is 22.7. The highest BCUT2D eigenvalue weighted by molar-refractivity contribution is 8.00. The number of hydrogen-bond donors (Lipinski definition) is 2. The Bertz CT molecular complexity index is 1320. The molecule has 9 heteroatoms. The molecular weight excluding hydrogens is 516 g/mol. The first-order chi connectivity index (χ1) is 18.9. The average Bonchev–Trinajstić information content (AvgIpc) is 2.93. The molecule has 3 aromatic rings. The number of hydrogen-bond acceptors (Lipinski definition) is 7. The molecule has 39 heavy (non-hydrogen) atoms. The summed E-state index contributed by atoms with van der Waals surface area (Å²) in [5.41, 5.74) is 1.64. The number of carbonyl (C=O) groups is 4. The van der Waals surface area contributed by atoms with Gasteiger partial charge in [0, 0.05) is 16.1 Å². The molecule has 0 spiro atoms. The van der Waals surface area contributed by atoms with E-state index in [1.807, 2.05) is 6.92 Å². The number of benzene rings is 3. The van der Waals surface area contributed by atoms with Crippen molar-refractivity contribution in [1.29, 1.82) is 0 Å². The second-order valence-electron chi connectivity index (χ2n) is 8.17. The molecule has 8 nitrogen and oxygen atoms in total. The molecule has 202 valence electrons. The van der Waals surface area contributed by atoms with Crippen LogP contribution in [-0.4, -0.2) is 42.5 Å². The fourth-order valence-electron chi connectivity index (χ4n) is 3.39. The summed E-state index contributed by atoms with van der Waals surface area (Å²) < 4.78 is 10.3. The monoisotopic (exact) mass is 546 g/mol. The summed E-state index contributed by atoms with van der Waals surface area (Å²) in [5, 5.41) is 5.52. The predicted molar refractivity (Wildman–Crippen MR) is 152 cm³/mol. The third-order valence-electron chi connectivity index (χ3n) is 5.17. The first kappa shape index (κ1) is 29.2. The van der Waals surface area contributed by atoms with Crippen molar-refractivity contribution >= 4 is 47.1 Å². The molecular formula is C30H30N2O6S. The van der Waals surface area contributed by atoms with Crippen molar-refractivity contribution < 1.29 is 28.7 Å². The van der Waals surface area contributed by atoms with Gasteiger partial charge in [0.05, 0.1) is 19.0 Å². The third kappa shape index (κ3) is 9.79. The topological polar surface area (TPSA) is 111 Å². The van der Waals surface area contributed by atoms with Crippen LogP contribution in [0.5, 0.6) is 5.75 Å². The Balaban J connectivity index is 1.74. The Morgan fingerprint density at radius 2 is 1.62 bits per heavy atom. The molecule has 0 aromatic heterocycles. The zero-order chi connectivity index (χ0) is 28.0. The van der Waals surface area contributed by atoms with E-state index in [2.05, 4.69) is 10.6 Å². The van der Waals surface area contributed by atoms with E-state index in [1.54, 1.807) is 91.9 Å². The summed E-state index contributed by atoms with van der Waals surface area (Å²) in [5.74, 6) is -0.956. The minimum absolute atomic E-state index is 0.0516. The molecule has 0 fully saturated rings. The molecule has 0 aliphatic carbocycles. The van der Waals surface area contributed by atoms with Gasteiger partial charge < -0.3 is 20.1 Å². The first-order valence-electron chi connectivity index (χ1n) is 12.4. The zero-order valence-corrected chi connectivity index (χ0v) is 22.6. The van der Waals surface area contributed by atoms with E-state index < -0.39 is 17.8 Å². The third-order valence-corrected chi connectivity index (χ3v) is 6.22. The molecule has 0 heterocycles. The first-order valence-corrected chi connectivity index (χ1v) is 13.4. The molecule has 0 radical (unpaired) electrons. The Labute approximate surface area is 231 Å². The lowest BCUT2D eigenvalue weighted by molar-refractivity contribution is -0.145. The Morgan fingerprint density at radius 1 is 0.872 bits per heavy atom. The zero-order valence-electron chi connectivity index (χ0n) is 21.8. The van der Waals surface area contributed by atoms with E-state index in [9.17, 15) is 19.2 Å². The normalized spacial score (nSPS) is 10.9.